The van der Waals surface area contributed by atoms with Crippen molar-refractivity contribution in [2.24, 2.45) is 0 Å². The molecular weight excluding hydrogens is 239 g/mol. The van der Waals surface area contributed by atoms with Crippen LogP contribution in [-0.2, 0) is 0 Å². The number of aromatic nitrogens is 3. The van der Waals surface area contributed by atoms with Crippen molar-refractivity contribution in [1.82, 2.24) is 20.5 Å². The minimum atomic E-state index is -0.232. The summed E-state index contributed by atoms with van der Waals surface area (Å²) in [5.74, 6) is -0.232. The highest BCUT2D eigenvalue weighted by Gasteiger charge is 2.12. The number of halogens is 1. The molecule has 0 bridgehead atoms. The maximum atomic E-state index is 13.2. The van der Waals surface area contributed by atoms with Gasteiger partial charge in [-0.05, 0) is 37.7 Å². The van der Waals surface area contributed by atoms with Crippen molar-refractivity contribution in [3.63, 3.8) is 0 Å². The molecule has 0 amide bonds. The highest BCUT2D eigenvalue weighted by Crippen LogP contribution is 2.31. The zero-order valence-electron chi connectivity index (χ0n) is 9.57. The first-order chi connectivity index (χ1) is 8.20. The van der Waals surface area contributed by atoms with E-state index in [1.165, 1.54) is 24.2 Å². The summed E-state index contributed by atoms with van der Waals surface area (Å²) in [5.41, 5.74) is 0.911. The molecule has 0 saturated carbocycles. The van der Waals surface area contributed by atoms with E-state index >= 15 is 0 Å². The maximum Gasteiger partial charge on any atom is 0.188 e. The van der Waals surface area contributed by atoms with Crippen LogP contribution in [0.5, 0.6) is 0 Å². The molecule has 0 aliphatic rings. The average Bonchev–Trinajstić information content (AvgIpc) is 2.83. The molecule has 1 aromatic carbocycles. The van der Waals surface area contributed by atoms with Gasteiger partial charge in [-0.1, -0.05) is 11.8 Å². The van der Waals surface area contributed by atoms with Gasteiger partial charge in [-0.3, -0.25) is 5.10 Å². The van der Waals surface area contributed by atoms with Gasteiger partial charge in [-0.2, -0.15) is 5.10 Å². The Hall–Kier alpha value is -1.40. The minimum Gasteiger partial charge on any atom is -0.313 e. The quantitative estimate of drug-likeness (QED) is 0.877. The summed E-state index contributed by atoms with van der Waals surface area (Å²) < 4.78 is 13.2. The zero-order chi connectivity index (χ0) is 12.3. The third kappa shape index (κ3) is 2.83. The van der Waals surface area contributed by atoms with Crippen LogP contribution in [0, 0.1) is 5.82 Å². The molecule has 2 N–H and O–H groups in total. The van der Waals surface area contributed by atoms with Crippen molar-refractivity contribution >= 4 is 11.8 Å². The molecule has 4 nitrogen and oxygen atoms in total. The van der Waals surface area contributed by atoms with E-state index in [1.807, 2.05) is 14.0 Å². The van der Waals surface area contributed by atoms with Gasteiger partial charge in [0, 0.05) is 10.9 Å². The average molecular weight is 252 g/mol. The molecule has 0 fully saturated rings. The number of hydrogen-bond donors (Lipinski definition) is 2. The van der Waals surface area contributed by atoms with E-state index in [0.717, 1.165) is 10.5 Å². The van der Waals surface area contributed by atoms with Crippen molar-refractivity contribution < 1.29 is 4.39 Å². The molecule has 0 saturated heterocycles. The fourth-order valence-electron chi connectivity index (χ4n) is 1.45. The highest BCUT2D eigenvalue weighted by molar-refractivity contribution is 7.99. The first kappa shape index (κ1) is 12.1. The number of rotatable bonds is 4. The van der Waals surface area contributed by atoms with Gasteiger partial charge >= 0.3 is 0 Å². The van der Waals surface area contributed by atoms with Gasteiger partial charge in [-0.25, -0.2) is 9.37 Å². The van der Waals surface area contributed by atoms with Crippen LogP contribution < -0.4 is 5.32 Å². The lowest BCUT2D eigenvalue weighted by atomic mass is 10.1. The standard InChI is InChI=1S/C11H13FN4S/c1-7(13-2)9-5-8(12)3-4-10(9)17-11-14-6-15-16-11/h3-7,13H,1-2H3,(H,14,15,16). The number of hydrogen-bond acceptors (Lipinski definition) is 4. The molecule has 0 aliphatic heterocycles. The fraction of sp³-hybridized carbons (Fsp3) is 0.273. The Morgan fingerprint density at radius 3 is 2.94 bits per heavy atom. The van der Waals surface area contributed by atoms with Crippen LogP contribution >= 0.6 is 11.8 Å². The largest absolute Gasteiger partial charge is 0.313 e. The molecule has 0 spiro atoms. The van der Waals surface area contributed by atoms with Gasteiger partial charge in [0.15, 0.2) is 5.16 Å². The van der Waals surface area contributed by atoms with E-state index < -0.39 is 0 Å². The van der Waals surface area contributed by atoms with E-state index in [9.17, 15) is 4.39 Å². The molecule has 2 rings (SSSR count). The maximum absolute atomic E-state index is 13.2. The van der Waals surface area contributed by atoms with E-state index in [2.05, 4.69) is 20.5 Å². The molecular formula is C11H13FN4S. The summed E-state index contributed by atoms with van der Waals surface area (Å²) in [5, 5.41) is 10.4. The van der Waals surface area contributed by atoms with Crippen LogP contribution in [0.4, 0.5) is 4.39 Å². The normalized spacial score (nSPS) is 12.6. The van der Waals surface area contributed by atoms with Crippen molar-refractivity contribution in [3.8, 4) is 0 Å². The monoisotopic (exact) mass is 252 g/mol. The number of nitrogens with one attached hydrogen (secondary N) is 2. The topological polar surface area (TPSA) is 53.6 Å². The summed E-state index contributed by atoms with van der Waals surface area (Å²) >= 11 is 1.44. The second-order valence-corrected chi connectivity index (χ2v) is 4.62. The Morgan fingerprint density at radius 2 is 2.29 bits per heavy atom. The van der Waals surface area contributed by atoms with Crippen LogP contribution in [0.1, 0.15) is 18.5 Å². The second kappa shape index (κ2) is 5.29. The molecule has 6 heteroatoms. The number of aromatic amines is 1. The van der Waals surface area contributed by atoms with Crippen molar-refractivity contribution in [2.45, 2.75) is 23.0 Å². The summed E-state index contributed by atoms with van der Waals surface area (Å²) in [4.78, 5) is 5.01. The Balaban J connectivity index is 2.32. The lowest BCUT2D eigenvalue weighted by Gasteiger charge is -2.14. The Bertz CT molecular complexity index is 486. The molecule has 1 aromatic heterocycles. The number of H-pyrrole nitrogens is 1. The highest BCUT2D eigenvalue weighted by atomic mass is 32.2. The third-order valence-corrected chi connectivity index (χ3v) is 3.45. The lowest BCUT2D eigenvalue weighted by Crippen LogP contribution is -2.13. The molecule has 17 heavy (non-hydrogen) atoms. The predicted molar refractivity (Wildman–Crippen MR) is 64.4 cm³/mol. The second-order valence-electron chi connectivity index (χ2n) is 3.59. The predicted octanol–water partition coefficient (Wildman–Crippen LogP) is 2.38. The molecule has 2 aromatic rings. The van der Waals surface area contributed by atoms with Crippen molar-refractivity contribution in [3.05, 3.63) is 35.9 Å². The van der Waals surface area contributed by atoms with Crippen LogP contribution in [0.15, 0.2) is 34.6 Å². The SMILES string of the molecule is CNC(C)c1cc(F)ccc1Sc1ncn[nH]1. The summed E-state index contributed by atoms with van der Waals surface area (Å²) in [6.45, 7) is 1.99. The first-order valence-corrected chi connectivity index (χ1v) is 6.02. The van der Waals surface area contributed by atoms with Gasteiger partial charge in [0.25, 0.3) is 0 Å². The van der Waals surface area contributed by atoms with Crippen LogP contribution in [0.25, 0.3) is 0 Å². The zero-order valence-corrected chi connectivity index (χ0v) is 10.4. The molecule has 0 radical (unpaired) electrons. The van der Waals surface area contributed by atoms with Gasteiger partial charge in [0.1, 0.15) is 12.1 Å². The van der Waals surface area contributed by atoms with E-state index in [-0.39, 0.29) is 11.9 Å². The van der Waals surface area contributed by atoms with Gasteiger partial charge in [0.05, 0.1) is 0 Å². The van der Waals surface area contributed by atoms with Gasteiger partial charge in [-0.15, -0.1) is 0 Å². The molecule has 90 valence electrons. The molecule has 1 atom stereocenters. The lowest BCUT2D eigenvalue weighted by molar-refractivity contribution is 0.601. The Kier molecular flexibility index (Phi) is 3.75. The van der Waals surface area contributed by atoms with E-state index in [4.69, 9.17) is 0 Å². The molecule has 1 unspecified atom stereocenters. The van der Waals surface area contributed by atoms with Gasteiger partial charge in [0.2, 0.25) is 0 Å². The number of nitrogens with zero attached hydrogens (tertiary/aromatic N) is 2. The van der Waals surface area contributed by atoms with Crippen molar-refractivity contribution in [1.29, 1.82) is 0 Å². The summed E-state index contributed by atoms with van der Waals surface area (Å²) in [6.07, 6.45) is 1.45. The third-order valence-electron chi connectivity index (χ3n) is 2.47. The van der Waals surface area contributed by atoms with E-state index in [0.29, 0.717) is 5.16 Å². The fourth-order valence-corrected chi connectivity index (χ4v) is 2.35. The first-order valence-electron chi connectivity index (χ1n) is 5.20. The Morgan fingerprint density at radius 1 is 1.47 bits per heavy atom. The smallest absolute Gasteiger partial charge is 0.188 e. The summed E-state index contributed by atoms with van der Waals surface area (Å²) in [6, 6.07) is 4.83. The van der Waals surface area contributed by atoms with Crippen LogP contribution in [0.3, 0.4) is 0 Å². The number of benzene rings is 1. The van der Waals surface area contributed by atoms with E-state index in [1.54, 1.807) is 12.1 Å². The Labute approximate surface area is 103 Å². The minimum absolute atomic E-state index is 0.0797. The molecule has 1 heterocycles. The van der Waals surface area contributed by atoms with Crippen molar-refractivity contribution in [2.75, 3.05) is 7.05 Å². The molecule has 0 aliphatic carbocycles. The summed E-state index contributed by atoms with van der Waals surface area (Å²) in [7, 11) is 1.85. The van der Waals surface area contributed by atoms with Crippen LogP contribution in [-0.4, -0.2) is 22.2 Å². The van der Waals surface area contributed by atoms with Gasteiger partial charge < -0.3 is 5.32 Å². The van der Waals surface area contributed by atoms with Crippen LogP contribution in [0.2, 0.25) is 0 Å².